The fourth-order valence-electron chi connectivity index (χ4n) is 5.87. The Kier molecular flexibility index (Phi) is 14.6. The predicted octanol–water partition coefficient (Wildman–Crippen LogP) is 2.62. The van der Waals surface area contributed by atoms with Crippen LogP contribution in [0.5, 0.6) is 0 Å². The number of carbonyl (C=O) groups is 6. The number of thioether (sulfide) groups is 1. The minimum absolute atomic E-state index is 0.217. The quantitative estimate of drug-likeness (QED) is 0.0703. The van der Waals surface area contributed by atoms with Crippen LogP contribution in [0.1, 0.15) is 47.6 Å². The largest absolute Gasteiger partial charge is 0.463 e. The third-order valence-corrected chi connectivity index (χ3v) is 9.19. The third-order valence-electron chi connectivity index (χ3n) is 7.89. The summed E-state index contributed by atoms with van der Waals surface area (Å²) in [5.41, 5.74) is 6.04. The van der Waals surface area contributed by atoms with Gasteiger partial charge in [0, 0.05) is 52.0 Å². The van der Waals surface area contributed by atoms with E-state index in [0.717, 1.165) is 52.4 Å². The normalized spacial score (nSPS) is 27.2. The third kappa shape index (κ3) is 10.9. The van der Waals surface area contributed by atoms with Crippen molar-refractivity contribution in [1.82, 2.24) is 15.0 Å². The predicted molar refractivity (Wildman–Crippen MR) is 178 cm³/mol. The number of rotatable bonds is 13. The van der Waals surface area contributed by atoms with Gasteiger partial charge in [0.15, 0.2) is 29.7 Å². The standard InChI is InChI=1S/C32H35F3N6O14S/c1-12(42)48-10-22-27(50-14(3)44)25(38-39-36)29(52-16(5)46)31(54-22)56-32-30(53-17(6)47)26(28(51-15(4)45)23(55-32)11-49-13(2)43)41-9-21(37-40-41)18-7-19(33)24(35)20(34)8-18/h7-9,22-23,25-32H,10-11H2,1-6H3/t22-,23?,25?,26?,27?,28+,29-,30?,31+,32+/m1/s1. The molecule has 24 heteroatoms. The van der Waals surface area contributed by atoms with Crippen molar-refractivity contribution in [2.45, 2.75) is 101 Å². The summed E-state index contributed by atoms with van der Waals surface area (Å²) in [4.78, 5) is 76.3. The molecule has 20 nitrogen and oxygen atoms in total. The van der Waals surface area contributed by atoms with Crippen molar-refractivity contribution in [1.29, 1.82) is 0 Å². The zero-order chi connectivity index (χ0) is 41.4. The molecule has 4 rings (SSSR count). The number of aromatic nitrogens is 3. The molecule has 304 valence electrons. The Hall–Kier alpha value is -5.45. The molecule has 2 aliphatic heterocycles. The summed E-state index contributed by atoms with van der Waals surface area (Å²) >= 11 is 0.650. The van der Waals surface area contributed by atoms with Gasteiger partial charge in [-0.25, -0.2) is 17.9 Å². The van der Waals surface area contributed by atoms with E-state index in [1.54, 1.807) is 0 Å². The summed E-state index contributed by atoms with van der Waals surface area (Å²) < 4.78 is 88.1. The van der Waals surface area contributed by atoms with Crippen LogP contribution in [-0.2, 0) is 66.7 Å². The summed E-state index contributed by atoms with van der Waals surface area (Å²) in [6.45, 7) is 5.14. The van der Waals surface area contributed by atoms with Gasteiger partial charge in [0.05, 0.1) is 6.20 Å². The minimum Gasteiger partial charge on any atom is -0.463 e. The van der Waals surface area contributed by atoms with Crippen LogP contribution in [0.4, 0.5) is 13.2 Å². The van der Waals surface area contributed by atoms with Crippen LogP contribution in [0.3, 0.4) is 0 Å². The van der Waals surface area contributed by atoms with Crippen molar-refractivity contribution >= 4 is 47.6 Å². The van der Waals surface area contributed by atoms with Gasteiger partial charge >= 0.3 is 35.8 Å². The summed E-state index contributed by atoms with van der Waals surface area (Å²) in [5, 5.41) is 11.7. The molecule has 0 radical (unpaired) electrons. The van der Waals surface area contributed by atoms with E-state index in [9.17, 15) is 47.5 Å². The van der Waals surface area contributed by atoms with Crippen molar-refractivity contribution in [3.05, 3.63) is 46.2 Å². The van der Waals surface area contributed by atoms with E-state index in [0.29, 0.717) is 23.9 Å². The second-order valence-corrected chi connectivity index (χ2v) is 13.3. The highest BCUT2D eigenvalue weighted by molar-refractivity contribution is 8.00. The Morgan fingerprint density at radius 2 is 1.21 bits per heavy atom. The van der Waals surface area contributed by atoms with E-state index in [1.165, 1.54) is 0 Å². The van der Waals surface area contributed by atoms with Gasteiger partial charge in [0.1, 0.15) is 66.3 Å². The lowest BCUT2D eigenvalue weighted by atomic mass is 9.96. The maximum absolute atomic E-state index is 14.2. The Morgan fingerprint density at radius 3 is 1.71 bits per heavy atom. The average Bonchev–Trinajstić information content (AvgIpc) is 3.58. The molecule has 2 saturated heterocycles. The number of carbonyl (C=O) groups excluding carboxylic acids is 6. The zero-order valence-electron chi connectivity index (χ0n) is 30.4. The molecule has 0 spiro atoms. The first-order valence-electron chi connectivity index (χ1n) is 16.4. The maximum Gasteiger partial charge on any atom is 0.303 e. The van der Waals surface area contributed by atoms with Gasteiger partial charge in [-0.15, -0.1) is 5.10 Å². The molecule has 2 fully saturated rings. The van der Waals surface area contributed by atoms with Gasteiger partial charge in [-0.3, -0.25) is 28.8 Å². The van der Waals surface area contributed by atoms with Crippen LogP contribution in [0.15, 0.2) is 23.4 Å². The topological polar surface area (TPSA) is 256 Å². The zero-order valence-corrected chi connectivity index (χ0v) is 31.2. The van der Waals surface area contributed by atoms with Crippen LogP contribution in [0, 0.1) is 17.5 Å². The highest BCUT2D eigenvalue weighted by atomic mass is 32.2. The summed E-state index contributed by atoms with van der Waals surface area (Å²) in [6, 6.07) is -1.68. The monoisotopic (exact) mass is 816 g/mol. The number of nitrogens with zero attached hydrogens (tertiary/aromatic N) is 6. The fourth-order valence-corrected chi connectivity index (χ4v) is 7.29. The minimum atomic E-state index is -1.74. The van der Waals surface area contributed by atoms with E-state index >= 15 is 0 Å². The second kappa shape index (κ2) is 18.9. The van der Waals surface area contributed by atoms with E-state index in [1.807, 2.05) is 0 Å². The number of benzene rings is 1. The maximum atomic E-state index is 14.2. The molecule has 1 aromatic carbocycles. The molecule has 0 N–H and O–H groups in total. The number of esters is 6. The number of hydrogen-bond donors (Lipinski definition) is 0. The molecule has 56 heavy (non-hydrogen) atoms. The van der Waals surface area contributed by atoms with E-state index < -0.39 is 126 Å². The van der Waals surface area contributed by atoms with Gasteiger partial charge in [0.2, 0.25) is 0 Å². The summed E-state index contributed by atoms with van der Waals surface area (Å²) in [6.07, 6.45) is -7.81. The van der Waals surface area contributed by atoms with Gasteiger partial charge < -0.3 is 37.9 Å². The smallest absolute Gasteiger partial charge is 0.303 e. The molecule has 10 atom stereocenters. The first-order valence-corrected chi connectivity index (χ1v) is 17.4. The first kappa shape index (κ1) is 43.3. The molecule has 1 aromatic heterocycles. The first-order chi connectivity index (χ1) is 26.4. The van der Waals surface area contributed by atoms with Crippen LogP contribution in [-0.4, -0.2) is 118 Å². The van der Waals surface area contributed by atoms with Crippen molar-refractivity contribution in [3.8, 4) is 11.3 Å². The van der Waals surface area contributed by atoms with E-state index in [4.69, 9.17) is 37.9 Å². The van der Waals surface area contributed by atoms with Gasteiger partial charge in [-0.1, -0.05) is 22.1 Å². The van der Waals surface area contributed by atoms with Crippen molar-refractivity contribution in [2.24, 2.45) is 5.11 Å². The molecule has 0 bridgehead atoms. The molecule has 3 heterocycles. The molecule has 2 aliphatic rings. The number of hydrogen-bond acceptors (Lipinski definition) is 18. The van der Waals surface area contributed by atoms with Crippen LogP contribution >= 0.6 is 11.8 Å². The van der Waals surface area contributed by atoms with Gasteiger partial charge in [-0.2, -0.15) is 0 Å². The fraction of sp³-hybridized carbons (Fsp3) is 0.562. The lowest BCUT2D eigenvalue weighted by Gasteiger charge is -2.48. The average molecular weight is 817 g/mol. The lowest BCUT2D eigenvalue weighted by Crippen LogP contribution is -2.62. The molecule has 5 unspecified atom stereocenters. The van der Waals surface area contributed by atoms with E-state index in [-0.39, 0.29) is 11.3 Å². The van der Waals surface area contributed by atoms with Crippen molar-refractivity contribution in [3.63, 3.8) is 0 Å². The SMILES string of the molecule is CC(=O)OCC1O[C@@H](S[C@@H]2O[C@H](COC(C)=O)C(OC(C)=O)C(N=[N+]=[N-])[C@H]2OC(C)=O)C(OC(C)=O)C(n2cc(-c3cc(F)c(F)c(F)c3)nn2)[C@H]1OC(C)=O. The lowest BCUT2D eigenvalue weighted by molar-refractivity contribution is -0.214. The Balaban J connectivity index is 1.88. The number of azide groups is 1. The highest BCUT2D eigenvalue weighted by Gasteiger charge is 2.56. The highest BCUT2D eigenvalue weighted by Crippen LogP contribution is 2.44. The van der Waals surface area contributed by atoms with Gasteiger partial charge in [0.25, 0.3) is 0 Å². The molecular formula is C32H35F3N6O14S. The molecule has 0 aliphatic carbocycles. The summed E-state index contributed by atoms with van der Waals surface area (Å²) in [7, 11) is 0. The van der Waals surface area contributed by atoms with Gasteiger partial charge in [-0.05, 0) is 17.7 Å². The molecule has 0 saturated carbocycles. The van der Waals surface area contributed by atoms with Crippen molar-refractivity contribution in [2.75, 3.05) is 13.2 Å². The summed E-state index contributed by atoms with van der Waals surface area (Å²) in [5.74, 6) is -9.95. The number of ether oxygens (including phenoxy) is 8. The van der Waals surface area contributed by atoms with Crippen LogP contribution in [0.25, 0.3) is 21.7 Å². The Morgan fingerprint density at radius 1 is 0.750 bits per heavy atom. The van der Waals surface area contributed by atoms with Crippen LogP contribution in [0.2, 0.25) is 0 Å². The van der Waals surface area contributed by atoms with E-state index in [2.05, 4.69) is 20.3 Å². The van der Waals surface area contributed by atoms with Crippen molar-refractivity contribution < 1.29 is 79.8 Å². The second-order valence-electron chi connectivity index (χ2n) is 12.1. The molecule has 0 amide bonds. The molecular weight excluding hydrogens is 781 g/mol. The van der Waals surface area contributed by atoms with Crippen LogP contribution < -0.4 is 0 Å². The Bertz CT molecular complexity index is 1860. The Labute approximate surface area is 319 Å². The number of halogens is 3. The molecule has 2 aromatic rings.